The molecule has 4 nitrogen and oxygen atoms in total. The highest BCUT2D eigenvalue weighted by molar-refractivity contribution is 7.91. The Hall–Kier alpha value is -2.29. The largest absolute Gasteiger partial charge is 0.497 e. The summed E-state index contributed by atoms with van der Waals surface area (Å²) in [7, 11) is -2.29. The van der Waals surface area contributed by atoms with Gasteiger partial charge in [-0.2, -0.15) is 0 Å². The zero-order valence-electron chi connectivity index (χ0n) is 14.3. The third-order valence-corrected chi connectivity index (χ3v) is 6.38. The molecular weight excluding hydrogens is 336 g/mol. The van der Waals surface area contributed by atoms with E-state index in [4.69, 9.17) is 11.2 Å². The fourth-order valence-electron chi connectivity index (χ4n) is 2.78. The first-order valence-corrected chi connectivity index (χ1v) is 9.57. The van der Waals surface area contributed by atoms with Gasteiger partial charge >= 0.3 is 0 Å². The summed E-state index contributed by atoms with van der Waals surface area (Å²) in [5.74, 6) is 2.55. The second-order valence-corrected chi connectivity index (χ2v) is 7.79. The van der Waals surface area contributed by atoms with E-state index in [0.29, 0.717) is 17.7 Å². The number of hydrogen-bond donors (Lipinski definition) is 1. The predicted molar refractivity (Wildman–Crippen MR) is 98.0 cm³/mol. The summed E-state index contributed by atoms with van der Waals surface area (Å²) in [5.41, 5.74) is 0.478. The van der Waals surface area contributed by atoms with Crippen LogP contribution in [0.3, 0.4) is 0 Å². The first kappa shape index (κ1) is 19.0. The first-order valence-electron chi connectivity index (χ1n) is 8.02. The van der Waals surface area contributed by atoms with Crippen LogP contribution < -0.4 is 4.74 Å². The van der Waals surface area contributed by atoms with Gasteiger partial charge in [0.1, 0.15) is 11.0 Å². The summed E-state index contributed by atoms with van der Waals surface area (Å²) in [5, 5.41) is 9.64. The van der Waals surface area contributed by atoms with Gasteiger partial charge in [-0.3, -0.25) is 0 Å². The molecule has 5 heteroatoms. The Bertz CT molecular complexity index is 820. The summed E-state index contributed by atoms with van der Waals surface area (Å²) in [6, 6.07) is 14.7. The molecule has 3 unspecified atom stereocenters. The summed E-state index contributed by atoms with van der Waals surface area (Å²) in [6.07, 6.45) is 4.77. The van der Waals surface area contributed by atoms with Crippen LogP contribution in [0.2, 0.25) is 0 Å². The number of rotatable bonds is 7. The van der Waals surface area contributed by atoms with Gasteiger partial charge in [-0.25, -0.2) is 8.42 Å². The van der Waals surface area contributed by atoms with Crippen LogP contribution in [0.25, 0.3) is 0 Å². The van der Waals surface area contributed by atoms with Crippen molar-refractivity contribution in [3.8, 4) is 18.1 Å². The van der Waals surface area contributed by atoms with E-state index >= 15 is 0 Å². The Labute approximate surface area is 149 Å². The lowest BCUT2D eigenvalue weighted by molar-refractivity contribution is 0.126. The molecule has 0 bridgehead atoms. The molecular formula is C20H22O4S. The van der Waals surface area contributed by atoms with Crippen molar-refractivity contribution in [1.29, 1.82) is 0 Å². The van der Waals surface area contributed by atoms with Crippen LogP contribution in [-0.4, -0.2) is 26.7 Å². The van der Waals surface area contributed by atoms with Gasteiger partial charge in [-0.1, -0.05) is 37.3 Å². The van der Waals surface area contributed by atoms with Crippen LogP contribution in [0.1, 0.15) is 24.2 Å². The molecule has 2 aromatic rings. The number of terminal acetylenes is 1. The quantitative estimate of drug-likeness (QED) is 0.772. The zero-order chi connectivity index (χ0) is 18.4. The fourth-order valence-corrected chi connectivity index (χ4v) is 4.68. The molecule has 0 saturated heterocycles. The SMILES string of the molecule is C#CC(CC)C(O)C(c1ccc(OC)cc1)S(=O)(=O)c1ccccc1. The van der Waals surface area contributed by atoms with Gasteiger partial charge < -0.3 is 9.84 Å². The molecule has 0 heterocycles. The standard InChI is InChI=1S/C20H22O4S/c1-4-15(5-2)19(21)20(16-11-13-17(24-3)14-12-16)25(22,23)18-9-7-6-8-10-18/h1,6-15,19-21H,5H2,2-3H3. The molecule has 0 aliphatic rings. The van der Waals surface area contributed by atoms with Gasteiger partial charge in [0.05, 0.1) is 18.1 Å². The average Bonchev–Trinajstić information content (AvgIpc) is 2.64. The Balaban J connectivity index is 2.57. The van der Waals surface area contributed by atoms with Gasteiger partial charge in [-0.05, 0) is 36.2 Å². The van der Waals surface area contributed by atoms with Crippen LogP contribution in [0.15, 0.2) is 59.5 Å². The van der Waals surface area contributed by atoms with Gasteiger partial charge in [0.25, 0.3) is 0 Å². The Morgan fingerprint density at radius 1 is 1.12 bits per heavy atom. The molecule has 0 amide bonds. The van der Waals surface area contributed by atoms with E-state index in [-0.39, 0.29) is 4.90 Å². The van der Waals surface area contributed by atoms with Crippen molar-refractivity contribution < 1.29 is 18.3 Å². The van der Waals surface area contributed by atoms with Crippen LogP contribution in [0.4, 0.5) is 0 Å². The van der Waals surface area contributed by atoms with Crippen LogP contribution in [0.5, 0.6) is 5.75 Å². The number of ether oxygens (including phenoxy) is 1. The van der Waals surface area contributed by atoms with Crippen molar-refractivity contribution in [2.45, 2.75) is 29.6 Å². The number of sulfone groups is 1. The smallest absolute Gasteiger partial charge is 0.187 e. The highest BCUT2D eigenvalue weighted by atomic mass is 32.2. The van der Waals surface area contributed by atoms with Crippen LogP contribution >= 0.6 is 0 Å². The minimum absolute atomic E-state index is 0.154. The van der Waals surface area contributed by atoms with Crippen molar-refractivity contribution in [3.05, 3.63) is 60.2 Å². The summed E-state index contributed by atoms with van der Waals surface area (Å²) >= 11 is 0. The molecule has 0 aromatic heterocycles. The maximum absolute atomic E-state index is 13.2. The van der Waals surface area contributed by atoms with Crippen molar-refractivity contribution in [3.63, 3.8) is 0 Å². The molecule has 25 heavy (non-hydrogen) atoms. The van der Waals surface area contributed by atoms with E-state index in [1.54, 1.807) is 42.5 Å². The second-order valence-electron chi connectivity index (χ2n) is 5.72. The Morgan fingerprint density at radius 3 is 2.20 bits per heavy atom. The number of methoxy groups -OCH3 is 1. The van der Waals surface area contributed by atoms with E-state index in [1.165, 1.54) is 19.2 Å². The second kappa shape index (κ2) is 8.19. The Morgan fingerprint density at radius 2 is 1.72 bits per heavy atom. The maximum atomic E-state index is 13.2. The predicted octanol–water partition coefficient (Wildman–Crippen LogP) is 3.23. The van der Waals surface area contributed by atoms with Crippen molar-refractivity contribution in [1.82, 2.24) is 0 Å². The van der Waals surface area contributed by atoms with E-state index in [1.807, 2.05) is 6.92 Å². The zero-order valence-corrected chi connectivity index (χ0v) is 15.1. The third kappa shape index (κ3) is 4.04. The molecule has 0 aliphatic heterocycles. The number of benzene rings is 2. The minimum atomic E-state index is -3.82. The van der Waals surface area contributed by atoms with Crippen molar-refractivity contribution in [2.75, 3.05) is 7.11 Å². The molecule has 1 N–H and O–H groups in total. The molecule has 3 atom stereocenters. The highest BCUT2D eigenvalue weighted by Crippen LogP contribution is 2.36. The first-order chi connectivity index (χ1) is 12.0. The fraction of sp³-hybridized carbons (Fsp3) is 0.300. The molecule has 0 fully saturated rings. The lowest BCUT2D eigenvalue weighted by Gasteiger charge is -2.27. The molecule has 2 rings (SSSR count). The molecule has 0 radical (unpaired) electrons. The summed E-state index contributed by atoms with van der Waals surface area (Å²) < 4.78 is 31.5. The number of aliphatic hydroxyl groups is 1. The molecule has 0 saturated carbocycles. The molecule has 0 aliphatic carbocycles. The third-order valence-electron chi connectivity index (χ3n) is 4.23. The van der Waals surface area contributed by atoms with E-state index in [0.717, 1.165) is 0 Å². The topological polar surface area (TPSA) is 63.6 Å². The lowest BCUT2D eigenvalue weighted by atomic mass is 9.94. The van der Waals surface area contributed by atoms with Crippen molar-refractivity contribution >= 4 is 9.84 Å². The molecule has 2 aromatic carbocycles. The van der Waals surface area contributed by atoms with Crippen LogP contribution in [0, 0.1) is 18.3 Å². The maximum Gasteiger partial charge on any atom is 0.187 e. The average molecular weight is 358 g/mol. The number of hydrogen-bond acceptors (Lipinski definition) is 4. The molecule has 132 valence electrons. The summed E-state index contributed by atoms with van der Waals surface area (Å²) in [6.45, 7) is 1.83. The van der Waals surface area contributed by atoms with E-state index in [9.17, 15) is 13.5 Å². The number of aliphatic hydroxyl groups excluding tert-OH is 1. The monoisotopic (exact) mass is 358 g/mol. The molecule has 0 spiro atoms. The van der Waals surface area contributed by atoms with Gasteiger partial charge in [0, 0.05) is 5.92 Å². The van der Waals surface area contributed by atoms with E-state index < -0.39 is 27.1 Å². The Kier molecular flexibility index (Phi) is 6.24. The lowest BCUT2D eigenvalue weighted by Crippen LogP contribution is -2.32. The van der Waals surface area contributed by atoms with Crippen LogP contribution in [-0.2, 0) is 9.84 Å². The summed E-state index contributed by atoms with van der Waals surface area (Å²) in [4.78, 5) is 0.154. The minimum Gasteiger partial charge on any atom is -0.497 e. The van der Waals surface area contributed by atoms with Gasteiger partial charge in [-0.15, -0.1) is 12.3 Å². The van der Waals surface area contributed by atoms with Gasteiger partial charge in [0.15, 0.2) is 9.84 Å². The highest BCUT2D eigenvalue weighted by Gasteiger charge is 2.38. The van der Waals surface area contributed by atoms with E-state index in [2.05, 4.69) is 5.92 Å². The van der Waals surface area contributed by atoms with Crippen molar-refractivity contribution in [2.24, 2.45) is 5.92 Å². The normalized spacial score (nSPS) is 15.0. The van der Waals surface area contributed by atoms with Gasteiger partial charge in [0.2, 0.25) is 0 Å².